The monoisotopic (exact) mass is 266 g/mol. The number of rotatable bonds is 5. The van der Waals surface area contributed by atoms with Crippen LogP contribution < -0.4 is 11.3 Å². The molecule has 3 N–H and O–H groups in total. The Morgan fingerprint density at radius 2 is 2.47 bits per heavy atom. The number of hydrogen-bond acceptors (Lipinski definition) is 5. The van der Waals surface area contributed by atoms with Gasteiger partial charge in [0.05, 0.1) is 18.4 Å². The van der Waals surface area contributed by atoms with Gasteiger partial charge in [0.1, 0.15) is 5.76 Å². The molecule has 1 fully saturated rings. The van der Waals surface area contributed by atoms with Crippen LogP contribution in [0.15, 0.2) is 16.7 Å². The molecule has 106 valence electrons. The third-order valence-electron chi connectivity index (χ3n) is 3.59. The number of hydrazine groups is 1. The Morgan fingerprint density at radius 3 is 3.11 bits per heavy atom. The highest BCUT2D eigenvalue weighted by atomic mass is 16.3. The first-order valence-electron chi connectivity index (χ1n) is 6.54. The summed E-state index contributed by atoms with van der Waals surface area (Å²) in [5.74, 6) is 6.20. The summed E-state index contributed by atoms with van der Waals surface area (Å²) in [7, 11) is 4.20. The highest BCUT2D eigenvalue weighted by Crippen LogP contribution is 2.18. The summed E-state index contributed by atoms with van der Waals surface area (Å²) >= 11 is 0. The molecule has 1 amide bonds. The number of nitrogens with zero attached hydrogens (tertiary/aromatic N) is 2. The second-order valence-corrected chi connectivity index (χ2v) is 5.34. The van der Waals surface area contributed by atoms with E-state index in [-0.39, 0.29) is 5.91 Å². The number of nitrogen functional groups attached to an aromatic ring is 1. The van der Waals surface area contributed by atoms with Crippen molar-refractivity contribution in [1.82, 2.24) is 15.2 Å². The predicted octanol–water partition coefficient (Wildman–Crippen LogP) is 0.267. The second kappa shape index (κ2) is 6.18. The van der Waals surface area contributed by atoms with Gasteiger partial charge in [-0.2, -0.15) is 0 Å². The van der Waals surface area contributed by atoms with Crippen LogP contribution in [-0.2, 0) is 6.54 Å². The minimum atomic E-state index is -0.308. The predicted molar refractivity (Wildman–Crippen MR) is 72.3 cm³/mol. The molecule has 1 aliphatic heterocycles. The Labute approximate surface area is 113 Å². The Balaban J connectivity index is 1.90. The molecule has 6 nitrogen and oxygen atoms in total. The number of furan rings is 1. The third-order valence-corrected chi connectivity index (χ3v) is 3.59. The van der Waals surface area contributed by atoms with Gasteiger partial charge in [0, 0.05) is 13.1 Å². The molecule has 0 bridgehead atoms. The lowest BCUT2D eigenvalue weighted by Crippen LogP contribution is -2.31. The van der Waals surface area contributed by atoms with Crippen molar-refractivity contribution in [3.05, 3.63) is 23.7 Å². The first kappa shape index (κ1) is 14.0. The maximum absolute atomic E-state index is 11.5. The van der Waals surface area contributed by atoms with Crippen LogP contribution >= 0.6 is 0 Å². The van der Waals surface area contributed by atoms with E-state index in [4.69, 9.17) is 10.3 Å². The molecule has 0 aromatic carbocycles. The Bertz CT molecular complexity index is 432. The van der Waals surface area contributed by atoms with E-state index < -0.39 is 0 Å². The number of nitrogens with one attached hydrogen (secondary N) is 1. The van der Waals surface area contributed by atoms with Crippen LogP contribution in [0.2, 0.25) is 0 Å². The maximum atomic E-state index is 11.5. The summed E-state index contributed by atoms with van der Waals surface area (Å²) in [6.07, 6.45) is 2.76. The van der Waals surface area contributed by atoms with Gasteiger partial charge >= 0.3 is 0 Å². The van der Waals surface area contributed by atoms with Crippen molar-refractivity contribution in [1.29, 1.82) is 0 Å². The third kappa shape index (κ3) is 3.56. The van der Waals surface area contributed by atoms with Crippen molar-refractivity contribution in [3.63, 3.8) is 0 Å². The van der Waals surface area contributed by atoms with Crippen LogP contribution in [0, 0.1) is 5.92 Å². The summed E-state index contributed by atoms with van der Waals surface area (Å²) in [6.45, 7) is 3.93. The van der Waals surface area contributed by atoms with Crippen molar-refractivity contribution < 1.29 is 9.21 Å². The molecule has 1 aromatic heterocycles. The van der Waals surface area contributed by atoms with Crippen LogP contribution in [0.1, 0.15) is 22.5 Å². The molecule has 2 heterocycles. The first-order chi connectivity index (χ1) is 9.10. The molecule has 1 unspecified atom stereocenters. The summed E-state index contributed by atoms with van der Waals surface area (Å²) in [5.41, 5.74) is 2.65. The zero-order valence-electron chi connectivity index (χ0n) is 11.6. The summed E-state index contributed by atoms with van der Waals surface area (Å²) in [4.78, 5) is 16.1. The maximum Gasteiger partial charge on any atom is 0.268 e. The Morgan fingerprint density at radius 1 is 1.68 bits per heavy atom. The van der Waals surface area contributed by atoms with Gasteiger partial charge in [0.2, 0.25) is 0 Å². The summed E-state index contributed by atoms with van der Waals surface area (Å²) < 4.78 is 5.38. The molecule has 0 aliphatic carbocycles. The SMILES string of the molecule is CN1CCC(CN(C)Cc2occc2C(=O)NN)C1. The lowest BCUT2D eigenvalue weighted by atomic mass is 10.1. The molecule has 1 aliphatic rings. The topological polar surface area (TPSA) is 74.7 Å². The molecule has 2 rings (SSSR count). The molecule has 1 atom stereocenters. The van der Waals surface area contributed by atoms with E-state index in [1.807, 2.05) is 7.05 Å². The lowest BCUT2D eigenvalue weighted by molar-refractivity contribution is 0.0950. The van der Waals surface area contributed by atoms with E-state index >= 15 is 0 Å². The minimum absolute atomic E-state index is 0.308. The van der Waals surface area contributed by atoms with Gasteiger partial charge in [-0.25, -0.2) is 5.84 Å². The summed E-state index contributed by atoms with van der Waals surface area (Å²) in [5, 5.41) is 0. The number of carbonyl (C=O) groups excluding carboxylic acids is 1. The highest BCUT2D eigenvalue weighted by Gasteiger charge is 2.22. The summed E-state index contributed by atoms with van der Waals surface area (Å²) in [6, 6.07) is 1.65. The first-order valence-corrected chi connectivity index (χ1v) is 6.54. The van der Waals surface area contributed by atoms with Crippen molar-refractivity contribution in [2.45, 2.75) is 13.0 Å². The zero-order chi connectivity index (χ0) is 13.8. The fraction of sp³-hybridized carbons (Fsp3) is 0.615. The van der Waals surface area contributed by atoms with Gasteiger partial charge in [0.15, 0.2) is 0 Å². The highest BCUT2D eigenvalue weighted by molar-refractivity contribution is 5.94. The van der Waals surface area contributed by atoms with Gasteiger partial charge < -0.3 is 9.32 Å². The fourth-order valence-electron chi connectivity index (χ4n) is 2.67. The fourth-order valence-corrected chi connectivity index (χ4v) is 2.67. The second-order valence-electron chi connectivity index (χ2n) is 5.34. The standard InChI is InChI=1S/C13H22N4O2/c1-16-5-3-10(7-16)8-17(2)9-12-11(4-6-19-12)13(18)15-14/h4,6,10H,3,5,7-9,14H2,1-2H3,(H,15,18). The van der Waals surface area contributed by atoms with E-state index in [1.54, 1.807) is 6.07 Å². The van der Waals surface area contributed by atoms with Gasteiger partial charge in [0.25, 0.3) is 5.91 Å². The minimum Gasteiger partial charge on any atom is -0.467 e. The number of nitrogens with two attached hydrogens (primary N) is 1. The van der Waals surface area contributed by atoms with Gasteiger partial charge in [-0.1, -0.05) is 0 Å². The van der Waals surface area contributed by atoms with Crippen LogP contribution in [0.5, 0.6) is 0 Å². The number of likely N-dealkylation sites (tertiary alicyclic amines) is 1. The molecule has 1 saturated heterocycles. The van der Waals surface area contributed by atoms with Gasteiger partial charge in [-0.15, -0.1) is 0 Å². The zero-order valence-corrected chi connectivity index (χ0v) is 11.6. The molecule has 6 heteroatoms. The van der Waals surface area contributed by atoms with E-state index in [0.29, 0.717) is 23.8 Å². The van der Waals surface area contributed by atoms with Crippen LogP contribution in [0.4, 0.5) is 0 Å². The van der Waals surface area contributed by atoms with E-state index in [9.17, 15) is 4.79 Å². The van der Waals surface area contributed by atoms with E-state index in [2.05, 4.69) is 22.3 Å². The van der Waals surface area contributed by atoms with Crippen molar-refractivity contribution in [2.24, 2.45) is 11.8 Å². The quantitative estimate of drug-likeness (QED) is 0.454. The molecule has 1 aromatic rings. The average Bonchev–Trinajstić information content (AvgIpc) is 2.97. The van der Waals surface area contributed by atoms with E-state index in [1.165, 1.54) is 19.2 Å². The van der Waals surface area contributed by atoms with Crippen molar-refractivity contribution >= 4 is 5.91 Å². The Hall–Kier alpha value is -1.37. The van der Waals surface area contributed by atoms with Crippen molar-refractivity contribution in [3.8, 4) is 0 Å². The molecule has 0 spiro atoms. The molecule has 0 saturated carbocycles. The number of hydrogen-bond donors (Lipinski definition) is 2. The van der Waals surface area contributed by atoms with E-state index in [0.717, 1.165) is 13.1 Å². The van der Waals surface area contributed by atoms with Gasteiger partial charge in [-0.3, -0.25) is 15.1 Å². The molecular formula is C13H22N4O2. The lowest BCUT2D eigenvalue weighted by Gasteiger charge is -2.20. The number of amides is 1. The normalized spacial score (nSPS) is 20.1. The van der Waals surface area contributed by atoms with Crippen molar-refractivity contribution in [2.75, 3.05) is 33.7 Å². The number of carbonyl (C=O) groups is 1. The van der Waals surface area contributed by atoms with Crippen LogP contribution in [0.3, 0.4) is 0 Å². The largest absolute Gasteiger partial charge is 0.467 e. The molecule has 0 radical (unpaired) electrons. The van der Waals surface area contributed by atoms with Crippen LogP contribution in [-0.4, -0.2) is 49.4 Å². The van der Waals surface area contributed by atoms with Gasteiger partial charge in [-0.05, 0) is 39.0 Å². The van der Waals surface area contributed by atoms with Crippen LogP contribution in [0.25, 0.3) is 0 Å². The Kier molecular flexibility index (Phi) is 4.57. The molecule has 19 heavy (non-hydrogen) atoms. The molecular weight excluding hydrogens is 244 g/mol. The average molecular weight is 266 g/mol. The smallest absolute Gasteiger partial charge is 0.268 e.